The molecule has 0 atom stereocenters. The molecule has 0 spiro atoms. The first kappa shape index (κ1) is 24.5. The Labute approximate surface area is 162 Å². The first-order valence-corrected chi connectivity index (χ1v) is 6.91. The normalized spacial score (nSPS) is 12.8. The predicted octanol–water partition coefficient (Wildman–Crippen LogP) is 0.228. The van der Waals surface area contributed by atoms with Crippen molar-refractivity contribution in [2.75, 3.05) is 44.4 Å². The van der Waals surface area contributed by atoms with Crippen molar-refractivity contribution in [2.24, 2.45) is 0 Å². The minimum atomic E-state index is 0. The molecule has 0 aromatic heterocycles. The fourth-order valence-electron chi connectivity index (χ4n) is 2.21. The second kappa shape index (κ2) is 12.6. The Morgan fingerprint density at radius 3 is 2.22 bits per heavy atom. The van der Waals surface area contributed by atoms with E-state index in [4.69, 9.17) is 19.6 Å². The molecule has 0 radical (unpaired) electrons. The number of hydrogen-bond donors (Lipinski definition) is 0. The fraction of sp³-hybridized carbons (Fsp3) is 0.571. The van der Waals surface area contributed by atoms with Crippen LogP contribution in [0, 0.1) is 5.39 Å². The predicted molar refractivity (Wildman–Crippen MR) is 83.8 cm³/mol. The largest absolute Gasteiger partial charge is 1.00 e. The molecule has 1 fully saturated rings. The molecule has 23 heavy (non-hydrogen) atoms. The number of halogens is 2. The second-order valence-electron chi connectivity index (χ2n) is 4.35. The number of benzene rings is 1. The van der Waals surface area contributed by atoms with E-state index >= 15 is 0 Å². The molecular weight excluding hydrogens is 394 g/mol. The molecule has 0 aliphatic carbocycles. The van der Waals surface area contributed by atoms with Gasteiger partial charge in [0.05, 0.1) is 38.2 Å². The summed E-state index contributed by atoms with van der Waals surface area (Å²) in [7, 11) is 0. The van der Waals surface area contributed by atoms with E-state index in [2.05, 4.69) is 9.88 Å². The molecule has 0 amide bonds. The van der Waals surface area contributed by atoms with Crippen LogP contribution in [-0.2, 0) is 24.2 Å². The number of hydrogen-bond acceptors (Lipinski definition) is 5. The van der Waals surface area contributed by atoms with Gasteiger partial charge in [-0.05, 0) is 13.8 Å². The summed E-state index contributed by atoms with van der Waals surface area (Å²) in [5, 5.41) is 9.09. The van der Waals surface area contributed by atoms with Crippen molar-refractivity contribution in [3.05, 3.63) is 17.1 Å². The van der Waals surface area contributed by atoms with Crippen LogP contribution < -0.4 is 26.8 Å². The van der Waals surface area contributed by atoms with Gasteiger partial charge in [-0.15, -0.1) is 12.4 Å². The zero-order valence-electron chi connectivity index (χ0n) is 13.5. The molecule has 6 nitrogen and oxygen atoms in total. The Hall–Kier alpha value is -0.797. The number of diazo groups is 1. The van der Waals surface area contributed by atoms with Gasteiger partial charge >= 0.3 is 5.69 Å². The van der Waals surface area contributed by atoms with Crippen LogP contribution in [-0.4, -0.2) is 39.5 Å². The first-order valence-electron chi connectivity index (χ1n) is 6.91. The van der Waals surface area contributed by atoms with Crippen LogP contribution in [0.4, 0.5) is 11.4 Å². The van der Waals surface area contributed by atoms with Gasteiger partial charge < -0.3 is 31.5 Å². The summed E-state index contributed by atoms with van der Waals surface area (Å²) in [6.45, 7) is 7.89. The van der Waals surface area contributed by atoms with Gasteiger partial charge in [0.1, 0.15) is 0 Å². The van der Waals surface area contributed by atoms with Crippen LogP contribution in [0.5, 0.6) is 11.5 Å². The maximum atomic E-state index is 9.09. The molecule has 1 saturated heterocycles. The summed E-state index contributed by atoms with van der Waals surface area (Å²) in [4.78, 5) is 5.46. The second-order valence-corrected chi connectivity index (χ2v) is 4.35. The number of anilines is 1. The van der Waals surface area contributed by atoms with E-state index in [1.165, 1.54) is 0 Å². The van der Waals surface area contributed by atoms with Gasteiger partial charge in [-0.1, -0.05) is 0 Å². The smallest absolute Gasteiger partial charge is 0.430 e. The van der Waals surface area contributed by atoms with Gasteiger partial charge in [-0.25, -0.2) is 0 Å². The van der Waals surface area contributed by atoms with E-state index in [-0.39, 0.29) is 44.3 Å². The molecule has 0 saturated carbocycles. The van der Waals surface area contributed by atoms with Crippen LogP contribution in [0.3, 0.4) is 0 Å². The van der Waals surface area contributed by atoms with E-state index in [0.717, 1.165) is 18.8 Å². The topological polar surface area (TPSA) is 59.1 Å². The zero-order chi connectivity index (χ0) is 14.4. The Morgan fingerprint density at radius 2 is 1.70 bits per heavy atom. The quantitative estimate of drug-likeness (QED) is 0.509. The van der Waals surface area contributed by atoms with Crippen molar-refractivity contribution in [2.45, 2.75) is 13.8 Å². The summed E-state index contributed by atoms with van der Waals surface area (Å²) >= 11 is 0. The van der Waals surface area contributed by atoms with Crippen molar-refractivity contribution < 1.29 is 46.1 Å². The van der Waals surface area contributed by atoms with Crippen LogP contribution in [0.15, 0.2) is 12.1 Å². The van der Waals surface area contributed by atoms with Crippen molar-refractivity contribution in [1.29, 1.82) is 5.39 Å². The van der Waals surface area contributed by atoms with E-state index in [9.17, 15) is 0 Å². The number of ether oxygens (including phenoxy) is 3. The summed E-state index contributed by atoms with van der Waals surface area (Å²) in [6, 6.07) is 3.58. The number of nitrogens with zero attached hydrogens (tertiary/aromatic N) is 3. The molecule has 1 aliphatic rings. The SMILES string of the molecule is CCOc1cc(N2CCOCC2)c(OCC)cc1[N+]#N.Cl.[Cl-].[Zn]. The third-order valence-corrected chi connectivity index (χ3v) is 3.10. The Morgan fingerprint density at radius 1 is 1.13 bits per heavy atom. The van der Waals surface area contributed by atoms with Gasteiger partial charge in [-0.2, -0.15) is 0 Å². The van der Waals surface area contributed by atoms with Crippen LogP contribution in [0.1, 0.15) is 13.8 Å². The molecule has 1 aromatic rings. The molecule has 9 heteroatoms. The average Bonchev–Trinajstić information content (AvgIpc) is 2.49. The van der Waals surface area contributed by atoms with Crippen LogP contribution >= 0.6 is 12.4 Å². The maximum absolute atomic E-state index is 9.09. The summed E-state index contributed by atoms with van der Waals surface area (Å²) in [6.07, 6.45) is 0. The van der Waals surface area contributed by atoms with Crippen LogP contribution in [0.2, 0.25) is 0 Å². The van der Waals surface area contributed by atoms with Crippen LogP contribution in [0.25, 0.3) is 4.98 Å². The van der Waals surface area contributed by atoms with Crippen molar-refractivity contribution >= 4 is 23.8 Å². The Balaban J connectivity index is 0. The zero-order valence-corrected chi connectivity index (χ0v) is 18.0. The van der Waals surface area contributed by atoms with Crippen molar-refractivity contribution in [3.8, 4) is 11.5 Å². The van der Waals surface area contributed by atoms with E-state index < -0.39 is 0 Å². The number of morpholine rings is 1. The van der Waals surface area contributed by atoms with Crippen molar-refractivity contribution in [3.63, 3.8) is 0 Å². The third-order valence-electron chi connectivity index (χ3n) is 3.10. The average molecular weight is 416 g/mol. The summed E-state index contributed by atoms with van der Waals surface area (Å²) in [5.74, 6) is 1.26. The van der Waals surface area contributed by atoms with Gasteiger partial charge in [0, 0.05) is 38.6 Å². The number of rotatable bonds is 5. The fourth-order valence-corrected chi connectivity index (χ4v) is 2.21. The molecule has 0 unspecified atom stereocenters. The Kier molecular flexibility index (Phi) is 13.4. The third kappa shape index (κ3) is 6.31. The molecule has 1 heterocycles. The van der Waals surface area contributed by atoms with Gasteiger partial charge in [0.15, 0.2) is 10.7 Å². The summed E-state index contributed by atoms with van der Waals surface area (Å²) < 4.78 is 16.6. The minimum Gasteiger partial charge on any atom is -1.00 e. The van der Waals surface area contributed by atoms with Gasteiger partial charge in [-0.3, -0.25) is 0 Å². The first-order chi connectivity index (χ1) is 9.80. The maximum Gasteiger partial charge on any atom is 0.430 e. The van der Waals surface area contributed by atoms with Gasteiger partial charge in [0.2, 0.25) is 11.1 Å². The van der Waals surface area contributed by atoms with Gasteiger partial charge in [0.25, 0.3) is 0 Å². The van der Waals surface area contributed by atoms with E-state index in [1.807, 2.05) is 19.9 Å². The molecule has 126 valence electrons. The monoisotopic (exact) mass is 413 g/mol. The summed E-state index contributed by atoms with van der Waals surface area (Å²) in [5.41, 5.74) is 1.33. The standard InChI is InChI=1S/C14H20N3O3.2ClH.Zn/c1-3-19-13-10-12(17-5-7-18-8-6-17)14(20-4-2)9-11(13)16-15;;;/h9-10H,3-8H2,1-2H3;2*1H;/q+1;;;/p-1. The Bertz CT molecular complexity index is 509. The molecule has 0 N–H and O–H groups in total. The molecule has 1 aromatic carbocycles. The molecule has 0 bridgehead atoms. The minimum absolute atomic E-state index is 0. The molecule has 2 rings (SSSR count). The van der Waals surface area contributed by atoms with Crippen molar-refractivity contribution in [1.82, 2.24) is 0 Å². The van der Waals surface area contributed by atoms with E-state index in [1.54, 1.807) is 6.07 Å². The van der Waals surface area contributed by atoms with E-state index in [0.29, 0.717) is 43.6 Å². The molecular formula is C14H21Cl2N3O3Zn. The molecule has 1 aliphatic heterocycles.